The smallest absolute Gasteiger partial charge is 0.0471 e. The lowest BCUT2D eigenvalue weighted by molar-refractivity contribution is 1.55. The van der Waals surface area contributed by atoms with Gasteiger partial charge in [0, 0.05) is 21.8 Å². The minimum atomic E-state index is 1.16. The van der Waals surface area contributed by atoms with Gasteiger partial charge in [-0.05, 0) is 113 Å². The molecule has 0 saturated carbocycles. The first kappa shape index (κ1) is 26.1. The summed E-state index contributed by atoms with van der Waals surface area (Å²) < 4.78 is 0. The van der Waals surface area contributed by atoms with Crippen molar-refractivity contribution < 1.29 is 0 Å². The molecule has 0 unspecified atom stereocenters. The van der Waals surface area contributed by atoms with Crippen molar-refractivity contribution in [2.75, 3.05) is 0 Å². The Morgan fingerprint density at radius 1 is 0.255 bits per heavy atom. The molecule has 1 aromatic heterocycles. The Hall–Kier alpha value is -6.18. The van der Waals surface area contributed by atoms with Crippen molar-refractivity contribution in [3.8, 4) is 33.4 Å². The Balaban J connectivity index is 1.21. The second-order valence-electron chi connectivity index (χ2n) is 12.6. The average Bonchev–Trinajstić information content (AvgIpc) is 3.49. The summed E-state index contributed by atoms with van der Waals surface area (Å²) in [5.74, 6) is 0. The van der Waals surface area contributed by atoms with E-state index in [1.54, 1.807) is 0 Å². The van der Waals surface area contributed by atoms with Gasteiger partial charge in [-0.2, -0.15) is 0 Å². The van der Waals surface area contributed by atoms with E-state index in [-0.39, 0.29) is 0 Å². The molecule has 218 valence electrons. The molecule has 0 radical (unpaired) electrons. The van der Waals surface area contributed by atoms with Crippen LogP contribution in [0.2, 0.25) is 0 Å². The van der Waals surface area contributed by atoms with Crippen LogP contribution in [0.1, 0.15) is 0 Å². The topological polar surface area (TPSA) is 15.8 Å². The molecule has 0 amide bonds. The molecule has 0 atom stereocenters. The van der Waals surface area contributed by atoms with E-state index in [1.165, 1.54) is 92.8 Å². The molecule has 0 fully saturated rings. The SMILES string of the molecule is c1cc(-c2ccc3ccccc3c2)cc(-c2c3ccccc3c(-c3ccc4[nH]c5cc6ccccc6cc5c4c3)c3ccccc23)c1. The van der Waals surface area contributed by atoms with Crippen LogP contribution in [0.3, 0.4) is 0 Å². The fraction of sp³-hybridized carbons (Fsp3) is 0. The van der Waals surface area contributed by atoms with E-state index in [4.69, 9.17) is 0 Å². The zero-order chi connectivity index (χ0) is 30.9. The van der Waals surface area contributed by atoms with Gasteiger partial charge in [0.1, 0.15) is 0 Å². The molecule has 1 heteroatoms. The lowest BCUT2D eigenvalue weighted by Crippen LogP contribution is -1.91. The summed E-state index contributed by atoms with van der Waals surface area (Å²) in [7, 11) is 0. The largest absolute Gasteiger partial charge is 0.354 e. The Morgan fingerprint density at radius 3 is 1.43 bits per heavy atom. The Kier molecular flexibility index (Phi) is 5.64. The molecule has 0 aliphatic heterocycles. The van der Waals surface area contributed by atoms with Crippen molar-refractivity contribution in [2.45, 2.75) is 0 Å². The van der Waals surface area contributed by atoms with E-state index in [0.717, 1.165) is 5.52 Å². The summed E-state index contributed by atoms with van der Waals surface area (Å²) in [5, 5.41) is 12.6. The summed E-state index contributed by atoms with van der Waals surface area (Å²) in [5.41, 5.74) is 9.81. The van der Waals surface area contributed by atoms with Crippen molar-refractivity contribution in [3.63, 3.8) is 0 Å². The van der Waals surface area contributed by atoms with E-state index in [1.807, 2.05) is 0 Å². The lowest BCUT2D eigenvalue weighted by atomic mass is 9.85. The Morgan fingerprint density at radius 2 is 0.745 bits per heavy atom. The molecule has 0 aliphatic rings. The number of nitrogens with one attached hydrogen (secondary N) is 1. The number of aromatic nitrogens is 1. The first-order chi connectivity index (χ1) is 23.3. The standard InChI is InChI=1S/C46H29N/c1-2-11-30-24-34(21-20-29(30)10-1)31-14-9-15-35(25-31)45-37-16-5-7-18-39(37)46(40-19-8-6-17-38(40)45)36-22-23-43-41(27-36)42-26-32-12-3-4-13-33(32)28-44(42)47-43/h1-28,47H. The molecule has 0 saturated heterocycles. The van der Waals surface area contributed by atoms with Crippen LogP contribution in [0.15, 0.2) is 170 Å². The van der Waals surface area contributed by atoms with E-state index in [2.05, 4.69) is 175 Å². The number of aromatic amines is 1. The molecular formula is C46H29N. The third kappa shape index (κ3) is 4.10. The van der Waals surface area contributed by atoms with Crippen molar-refractivity contribution in [2.24, 2.45) is 0 Å². The highest BCUT2D eigenvalue weighted by atomic mass is 14.7. The molecule has 9 aromatic carbocycles. The number of H-pyrrole nitrogens is 1. The van der Waals surface area contributed by atoms with Gasteiger partial charge in [-0.25, -0.2) is 0 Å². The first-order valence-electron chi connectivity index (χ1n) is 16.3. The van der Waals surface area contributed by atoms with Crippen LogP contribution in [0.25, 0.3) is 98.3 Å². The number of hydrogen-bond donors (Lipinski definition) is 1. The highest BCUT2D eigenvalue weighted by Gasteiger charge is 2.18. The highest BCUT2D eigenvalue weighted by Crippen LogP contribution is 2.45. The monoisotopic (exact) mass is 595 g/mol. The Labute approximate surface area is 272 Å². The highest BCUT2D eigenvalue weighted by molar-refractivity contribution is 6.22. The van der Waals surface area contributed by atoms with Crippen LogP contribution in [-0.2, 0) is 0 Å². The van der Waals surface area contributed by atoms with Crippen molar-refractivity contribution in [1.29, 1.82) is 0 Å². The molecule has 1 N–H and O–H groups in total. The molecule has 10 rings (SSSR count). The fourth-order valence-electron chi connectivity index (χ4n) is 7.72. The van der Waals surface area contributed by atoms with Gasteiger partial charge >= 0.3 is 0 Å². The van der Waals surface area contributed by atoms with Crippen LogP contribution >= 0.6 is 0 Å². The van der Waals surface area contributed by atoms with E-state index >= 15 is 0 Å². The third-order valence-electron chi connectivity index (χ3n) is 9.92. The van der Waals surface area contributed by atoms with Gasteiger partial charge in [0.2, 0.25) is 0 Å². The summed E-state index contributed by atoms with van der Waals surface area (Å²) in [4.78, 5) is 3.68. The predicted octanol–water partition coefficient (Wildman–Crippen LogP) is 12.9. The van der Waals surface area contributed by atoms with Gasteiger partial charge in [0.05, 0.1) is 0 Å². The van der Waals surface area contributed by atoms with E-state index < -0.39 is 0 Å². The quantitative estimate of drug-likeness (QED) is 0.196. The van der Waals surface area contributed by atoms with Crippen LogP contribution in [0.4, 0.5) is 0 Å². The fourth-order valence-corrected chi connectivity index (χ4v) is 7.72. The number of rotatable bonds is 3. The molecule has 0 aliphatic carbocycles. The van der Waals surface area contributed by atoms with E-state index in [9.17, 15) is 0 Å². The Bertz CT molecular complexity index is 2800. The second-order valence-corrected chi connectivity index (χ2v) is 12.6. The molecule has 10 aromatic rings. The molecular weight excluding hydrogens is 567 g/mol. The lowest BCUT2D eigenvalue weighted by Gasteiger charge is -2.18. The van der Waals surface area contributed by atoms with Gasteiger partial charge in [-0.3, -0.25) is 0 Å². The zero-order valence-electron chi connectivity index (χ0n) is 25.7. The first-order valence-corrected chi connectivity index (χ1v) is 16.3. The normalized spacial score (nSPS) is 11.8. The van der Waals surface area contributed by atoms with Gasteiger partial charge in [0.25, 0.3) is 0 Å². The number of fused-ring (bicyclic) bond motifs is 7. The van der Waals surface area contributed by atoms with Crippen molar-refractivity contribution >= 4 is 64.9 Å². The summed E-state index contributed by atoms with van der Waals surface area (Å²) in [6.45, 7) is 0. The van der Waals surface area contributed by atoms with Gasteiger partial charge in [-0.15, -0.1) is 0 Å². The van der Waals surface area contributed by atoms with Crippen LogP contribution < -0.4 is 0 Å². The molecule has 1 heterocycles. The molecule has 47 heavy (non-hydrogen) atoms. The van der Waals surface area contributed by atoms with Crippen LogP contribution in [-0.4, -0.2) is 4.98 Å². The maximum Gasteiger partial charge on any atom is 0.0471 e. The minimum Gasteiger partial charge on any atom is -0.354 e. The summed E-state index contributed by atoms with van der Waals surface area (Å²) in [6, 6.07) is 62.4. The zero-order valence-corrected chi connectivity index (χ0v) is 25.7. The van der Waals surface area contributed by atoms with Crippen molar-refractivity contribution in [1.82, 2.24) is 4.98 Å². The minimum absolute atomic E-state index is 1.16. The van der Waals surface area contributed by atoms with Gasteiger partial charge in [-0.1, -0.05) is 133 Å². The molecule has 0 spiro atoms. The number of hydrogen-bond acceptors (Lipinski definition) is 0. The second kappa shape index (κ2) is 10.2. The maximum atomic E-state index is 3.68. The van der Waals surface area contributed by atoms with Crippen LogP contribution in [0, 0.1) is 0 Å². The third-order valence-corrected chi connectivity index (χ3v) is 9.92. The van der Waals surface area contributed by atoms with Gasteiger partial charge < -0.3 is 4.98 Å². The van der Waals surface area contributed by atoms with Crippen LogP contribution in [0.5, 0.6) is 0 Å². The number of benzene rings is 9. The van der Waals surface area contributed by atoms with Gasteiger partial charge in [0.15, 0.2) is 0 Å². The van der Waals surface area contributed by atoms with Crippen molar-refractivity contribution in [3.05, 3.63) is 170 Å². The van der Waals surface area contributed by atoms with E-state index in [0.29, 0.717) is 0 Å². The predicted molar refractivity (Wildman–Crippen MR) is 202 cm³/mol. The average molecular weight is 596 g/mol. The summed E-state index contributed by atoms with van der Waals surface area (Å²) >= 11 is 0. The molecule has 1 nitrogen and oxygen atoms in total. The maximum absolute atomic E-state index is 3.68. The summed E-state index contributed by atoms with van der Waals surface area (Å²) in [6.07, 6.45) is 0. The molecule has 0 bridgehead atoms.